The summed E-state index contributed by atoms with van der Waals surface area (Å²) in [5.74, 6) is -1.00. The van der Waals surface area contributed by atoms with E-state index in [0.717, 1.165) is 12.8 Å². The molecule has 3 N–H and O–H groups in total. The molecule has 0 aromatic heterocycles. The lowest BCUT2D eigenvalue weighted by molar-refractivity contribution is -0.137. The molecule has 0 spiro atoms. The highest BCUT2D eigenvalue weighted by Gasteiger charge is 2.30. The molecule has 1 aliphatic rings. The van der Waals surface area contributed by atoms with Crippen LogP contribution in [0.4, 0.5) is 0 Å². The van der Waals surface area contributed by atoms with Gasteiger partial charge in [-0.05, 0) is 24.7 Å². The van der Waals surface area contributed by atoms with Crippen LogP contribution in [0.15, 0.2) is 0 Å². The minimum atomic E-state index is -3.60. The van der Waals surface area contributed by atoms with Gasteiger partial charge in [-0.1, -0.05) is 20.8 Å². The third-order valence-electron chi connectivity index (χ3n) is 2.50. The zero-order valence-electron chi connectivity index (χ0n) is 11.1. The monoisotopic (exact) mass is 278 g/mol. The SMILES string of the molecule is CC(C)(C)CC(CC(=O)O)NS(=O)(=O)NC1CC1. The zero-order valence-corrected chi connectivity index (χ0v) is 11.9. The highest BCUT2D eigenvalue weighted by molar-refractivity contribution is 7.87. The summed E-state index contributed by atoms with van der Waals surface area (Å²) in [7, 11) is -3.60. The molecule has 0 bridgehead atoms. The Morgan fingerprint density at radius 2 is 1.94 bits per heavy atom. The van der Waals surface area contributed by atoms with E-state index in [4.69, 9.17) is 5.11 Å². The molecule has 6 nitrogen and oxygen atoms in total. The first-order chi connectivity index (χ1) is 8.07. The van der Waals surface area contributed by atoms with E-state index in [1.807, 2.05) is 20.8 Å². The summed E-state index contributed by atoms with van der Waals surface area (Å²) >= 11 is 0. The second kappa shape index (κ2) is 5.54. The summed E-state index contributed by atoms with van der Waals surface area (Å²) in [4.78, 5) is 10.8. The number of nitrogens with one attached hydrogen (secondary N) is 2. The fraction of sp³-hybridized carbons (Fsp3) is 0.909. The third kappa shape index (κ3) is 6.93. The molecule has 1 saturated carbocycles. The van der Waals surface area contributed by atoms with Crippen molar-refractivity contribution in [2.45, 2.75) is 58.5 Å². The molecule has 1 fully saturated rings. The normalized spacial score (nSPS) is 18.6. The summed E-state index contributed by atoms with van der Waals surface area (Å²) in [5.41, 5.74) is -0.137. The van der Waals surface area contributed by atoms with E-state index >= 15 is 0 Å². The second-order valence-corrected chi connectivity index (χ2v) is 7.55. The number of carboxylic acid groups (broad SMARTS) is 1. The van der Waals surface area contributed by atoms with Crippen molar-refractivity contribution in [1.29, 1.82) is 0 Å². The van der Waals surface area contributed by atoms with Gasteiger partial charge in [0.25, 0.3) is 10.2 Å². The number of rotatable bonds is 7. The molecular formula is C11H22N2O4S. The summed E-state index contributed by atoms with van der Waals surface area (Å²) in [6, 6.07) is -0.568. The van der Waals surface area contributed by atoms with Crippen molar-refractivity contribution >= 4 is 16.2 Å². The van der Waals surface area contributed by atoms with E-state index in [1.165, 1.54) is 0 Å². The first kappa shape index (κ1) is 15.4. The minimum Gasteiger partial charge on any atom is -0.481 e. The van der Waals surface area contributed by atoms with Gasteiger partial charge in [-0.3, -0.25) is 4.79 Å². The predicted octanol–water partition coefficient (Wildman–Crippen LogP) is 0.852. The lowest BCUT2D eigenvalue weighted by Gasteiger charge is -2.25. The van der Waals surface area contributed by atoms with Crippen LogP contribution in [0.25, 0.3) is 0 Å². The van der Waals surface area contributed by atoms with Crippen LogP contribution in [-0.2, 0) is 15.0 Å². The number of hydrogen-bond donors (Lipinski definition) is 3. The molecular weight excluding hydrogens is 256 g/mol. The van der Waals surface area contributed by atoms with E-state index in [0.29, 0.717) is 6.42 Å². The molecule has 18 heavy (non-hydrogen) atoms. The topological polar surface area (TPSA) is 95.5 Å². The Morgan fingerprint density at radius 3 is 2.33 bits per heavy atom. The van der Waals surface area contributed by atoms with Crippen molar-refractivity contribution in [3.63, 3.8) is 0 Å². The van der Waals surface area contributed by atoms with Crippen LogP contribution < -0.4 is 9.44 Å². The van der Waals surface area contributed by atoms with Crippen LogP contribution >= 0.6 is 0 Å². The molecule has 0 aromatic carbocycles. The summed E-state index contributed by atoms with van der Waals surface area (Å²) in [5, 5.41) is 8.82. The van der Waals surface area contributed by atoms with E-state index in [1.54, 1.807) is 0 Å². The van der Waals surface area contributed by atoms with Crippen molar-refractivity contribution < 1.29 is 18.3 Å². The maximum atomic E-state index is 11.7. The summed E-state index contributed by atoms with van der Waals surface area (Å²) in [6.45, 7) is 5.85. The Morgan fingerprint density at radius 1 is 1.39 bits per heavy atom. The Balaban J connectivity index is 2.61. The lowest BCUT2D eigenvalue weighted by Crippen LogP contribution is -2.45. The minimum absolute atomic E-state index is 0.0163. The largest absolute Gasteiger partial charge is 0.481 e. The molecule has 1 unspecified atom stereocenters. The van der Waals surface area contributed by atoms with Gasteiger partial charge in [0.15, 0.2) is 0 Å². The Kier molecular flexibility index (Phi) is 4.74. The zero-order chi connectivity index (χ0) is 14.0. The fourth-order valence-corrected chi connectivity index (χ4v) is 3.13. The van der Waals surface area contributed by atoms with Crippen molar-refractivity contribution in [3.8, 4) is 0 Å². The quantitative estimate of drug-likeness (QED) is 0.643. The highest BCUT2D eigenvalue weighted by atomic mass is 32.2. The summed E-state index contributed by atoms with van der Waals surface area (Å²) < 4.78 is 28.4. The van der Waals surface area contributed by atoms with E-state index < -0.39 is 22.2 Å². The maximum Gasteiger partial charge on any atom is 0.304 e. The number of carboxylic acids is 1. The van der Waals surface area contributed by atoms with Gasteiger partial charge in [0, 0.05) is 12.1 Å². The van der Waals surface area contributed by atoms with Crippen LogP contribution in [0.2, 0.25) is 0 Å². The molecule has 106 valence electrons. The summed E-state index contributed by atoms with van der Waals surface area (Å²) in [6.07, 6.45) is 1.97. The molecule has 0 saturated heterocycles. The van der Waals surface area contributed by atoms with Crippen LogP contribution in [0.5, 0.6) is 0 Å². The van der Waals surface area contributed by atoms with Crippen LogP contribution in [0.1, 0.15) is 46.5 Å². The average Bonchev–Trinajstić information content (AvgIpc) is 2.80. The Labute approximate surface area is 108 Å². The van der Waals surface area contributed by atoms with Crippen molar-refractivity contribution in [1.82, 2.24) is 9.44 Å². The first-order valence-corrected chi connectivity index (χ1v) is 7.57. The molecule has 1 aliphatic carbocycles. The van der Waals surface area contributed by atoms with Gasteiger partial charge in [0.1, 0.15) is 0 Å². The van der Waals surface area contributed by atoms with Crippen LogP contribution in [0.3, 0.4) is 0 Å². The molecule has 1 atom stereocenters. The fourth-order valence-electron chi connectivity index (χ4n) is 1.78. The Bertz CT molecular complexity index is 396. The van der Waals surface area contributed by atoms with Crippen molar-refractivity contribution in [3.05, 3.63) is 0 Å². The smallest absolute Gasteiger partial charge is 0.304 e. The second-order valence-electron chi connectivity index (χ2n) is 6.07. The molecule has 0 radical (unpaired) electrons. The number of hydrogen-bond acceptors (Lipinski definition) is 3. The van der Waals surface area contributed by atoms with E-state index in [2.05, 4.69) is 9.44 Å². The highest BCUT2D eigenvalue weighted by Crippen LogP contribution is 2.23. The number of aliphatic carboxylic acids is 1. The molecule has 0 aliphatic heterocycles. The number of carbonyl (C=O) groups is 1. The molecule has 0 heterocycles. The maximum absolute atomic E-state index is 11.7. The van der Waals surface area contributed by atoms with Crippen molar-refractivity contribution in [2.24, 2.45) is 5.41 Å². The predicted molar refractivity (Wildman–Crippen MR) is 68.3 cm³/mol. The first-order valence-electron chi connectivity index (χ1n) is 6.09. The van der Waals surface area contributed by atoms with Gasteiger partial charge in [-0.25, -0.2) is 0 Å². The molecule has 1 rings (SSSR count). The third-order valence-corrected chi connectivity index (χ3v) is 3.79. The molecule has 7 heteroatoms. The van der Waals surface area contributed by atoms with Gasteiger partial charge in [0.05, 0.1) is 6.42 Å². The van der Waals surface area contributed by atoms with Gasteiger partial charge in [-0.15, -0.1) is 0 Å². The average molecular weight is 278 g/mol. The molecule has 0 aromatic rings. The van der Waals surface area contributed by atoms with Gasteiger partial charge >= 0.3 is 5.97 Å². The van der Waals surface area contributed by atoms with Crippen LogP contribution in [0, 0.1) is 5.41 Å². The van der Waals surface area contributed by atoms with E-state index in [-0.39, 0.29) is 17.9 Å². The van der Waals surface area contributed by atoms with Crippen LogP contribution in [-0.4, -0.2) is 31.6 Å². The van der Waals surface area contributed by atoms with Gasteiger partial charge < -0.3 is 5.11 Å². The lowest BCUT2D eigenvalue weighted by atomic mass is 9.87. The Hall–Kier alpha value is -0.660. The van der Waals surface area contributed by atoms with Crippen molar-refractivity contribution in [2.75, 3.05) is 0 Å². The standard InChI is InChI=1S/C11H22N2O4S/c1-11(2,3)7-9(6-10(14)15)13-18(16,17)12-8-4-5-8/h8-9,12-13H,4-7H2,1-3H3,(H,14,15). The molecule has 0 amide bonds. The van der Waals surface area contributed by atoms with E-state index in [9.17, 15) is 13.2 Å². The van der Waals surface area contributed by atoms with Gasteiger partial charge in [0.2, 0.25) is 0 Å². The van der Waals surface area contributed by atoms with Gasteiger partial charge in [-0.2, -0.15) is 17.9 Å².